The summed E-state index contributed by atoms with van der Waals surface area (Å²) in [5.74, 6) is 0.916. The SMILES string of the molecule is CC1(C)CNC(C2CC2)CN1Cc1cn2ccsc2n1. The number of piperazine rings is 1. The fourth-order valence-electron chi connectivity index (χ4n) is 3.18. The molecule has 1 atom stereocenters. The van der Waals surface area contributed by atoms with Crippen LogP contribution in [0.5, 0.6) is 0 Å². The molecule has 4 nitrogen and oxygen atoms in total. The lowest BCUT2D eigenvalue weighted by Crippen LogP contribution is -2.62. The molecular weight excluding hydrogens is 268 g/mol. The molecule has 1 saturated heterocycles. The van der Waals surface area contributed by atoms with Crippen LogP contribution < -0.4 is 5.32 Å². The Morgan fingerprint density at radius 1 is 1.45 bits per heavy atom. The molecule has 5 heteroatoms. The minimum atomic E-state index is 0.211. The van der Waals surface area contributed by atoms with E-state index in [0.717, 1.165) is 30.5 Å². The van der Waals surface area contributed by atoms with Gasteiger partial charge in [-0.2, -0.15) is 0 Å². The Balaban J connectivity index is 1.53. The first-order valence-electron chi connectivity index (χ1n) is 7.51. The summed E-state index contributed by atoms with van der Waals surface area (Å²) in [4.78, 5) is 8.45. The molecule has 0 radical (unpaired) electrons. The quantitative estimate of drug-likeness (QED) is 0.942. The van der Waals surface area contributed by atoms with Crippen molar-refractivity contribution in [2.75, 3.05) is 13.1 Å². The second kappa shape index (κ2) is 4.55. The molecule has 1 unspecified atom stereocenters. The lowest BCUT2D eigenvalue weighted by atomic mass is 9.95. The number of hydrogen-bond acceptors (Lipinski definition) is 4. The molecule has 3 heterocycles. The predicted molar refractivity (Wildman–Crippen MR) is 82.1 cm³/mol. The Morgan fingerprint density at radius 2 is 2.30 bits per heavy atom. The van der Waals surface area contributed by atoms with Crippen LogP contribution in [-0.4, -0.2) is 39.0 Å². The first-order valence-corrected chi connectivity index (χ1v) is 8.39. The summed E-state index contributed by atoms with van der Waals surface area (Å²) in [5.41, 5.74) is 1.41. The maximum atomic E-state index is 4.74. The molecule has 2 fully saturated rings. The van der Waals surface area contributed by atoms with E-state index >= 15 is 0 Å². The summed E-state index contributed by atoms with van der Waals surface area (Å²) in [7, 11) is 0. The second-order valence-corrected chi connectivity index (χ2v) is 7.72. The molecule has 2 aromatic heterocycles. The molecular formula is C15H22N4S. The van der Waals surface area contributed by atoms with Crippen molar-refractivity contribution in [1.82, 2.24) is 19.6 Å². The highest BCUT2D eigenvalue weighted by atomic mass is 32.1. The number of imidazole rings is 1. The predicted octanol–water partition coefficient (Wildman–Crippen LogP) is 2.36. The summed E-state index contributed by atoms with van der Waals surface area (Å²) in [6.45, 7) is 7.87. The number of rotatable bonds is 3. The van der Waals surface area contributed by atoms with Gasteiger partial charge in [0.05, 0.1) is 5.69 Å². The Morgan fingerprint density at radius 3 is 3.05 bits per heavy atom. The highest BCUT2D eigenvalue weighted by molar-refractivity contribution is 7.15. The van der Waals surface area contributed by atoms with Crippen molar-refractivity contribution in [2.24, 2.45) is 5.92 Å². The van der Waals surface area contributed by atoms with Gasteiger partial charge in [-0.15, -0.1) is 11.3 Å². The van der Waals surface area contributed by atoms with E-state index in [9.17, 15) is 0 Å². The lowest BCUT2D eigenvalue weighted by molar-refractivity contribution is 0.0524. The van der Waals surface area contributed by atoms with Gasteiger partial charge in [0.1, 0.15) is 0 Å². The molecule has 1 saturated carbocycles. The van der Waals surface area contributed by atoms with Gasteiger partial charge in [-0.3, -0.25) is 9.30 Å². The number of thiazole rings is 1. The van der Waals surface area contributed by atoms with Crippen LogP contribution in [0.1, 0.15) is 32.4 Å². The monoisotopic (exact) mass is 290 g/mol. The fraction of sp³-hybridized carbons (Fsp3) is 0.667. The van der Waals surface area contributed by atoms with Gasteiger partial charge in [0.2, 0.25) is 0 Å². The van der Waals surface area contributed by atoms with E-state index in [0.29, 0.717) is 6.04 Å². The molecule has 1 aliphatic carbocycles. The van der Waals surface area contributed by atoms with Crippen molar-refractivity contribution < 1.29 is 0 Å². The third-order valence-electron chi connectivity index (χ3n) is 4.76. The molecule has 1 N–H and O–H groups in total. The van der Waals surface area contributed by atoms with Gasteiger partial charge in [0, 0.05) is 49.0 Å². The zero-order chi connectivity index (χ0) is 13.7. The van der Waals surface area contributed by atoms with E-state index in [-0.39, 0.29) is 5.54 Å². The van der Waals surface area contributed by atoms with E-state index in [1.807, 2.05) is 0 Å². The van der Waals surface area contributed by atoms with Crippen molar-refractivity contribution in [3.63, 3.8) is 0 Å². The fourth-order valence-corrected chi connectivity index (χ4v) is 3.90. The first-order chi connectivity index (χ1) is 9.62. The molecule has 0 bridgehead atoms. The maximum absolute atomic E-state index is 4.74. The van der Waals surface area contributed by atoms with Crippen molar-refractivity contribution >= 4 is 16.3 Å². The van der Waals surface area contributed by atoms with E-state index in [2.05, 4.69) is 46.2 Å². The molecule has 0 spiro atoms. The Kier molecular flexibility index (Phi) is 2.91. The number of nitrogens with one attached hydrogen (secondary N) is 1. The van der Waals surface area contributed by atoms with Gasteiger partial charge in [0.25, 0.3) is 0 Å². The number of hydrogen-bond donors (Lipinski definition) is 1. The highest BCUT2D eigenvalue weighted by Crippen LogP contribution is 2.36. The average molecular weight is 290 g/mol. The van der Waals surface area contributed by atoms with Gasteiger partial charge in [0.15, 0.2) is 4.96 Å². The molecule has 0 amide bonds. The first kappa shape index (κ1) is 12.8. The minimum Gasteiger partial charge on any atom is -0.311 e. The van der Waals surface area contributed by atoms with Gasteiger partial charge in [-0.1, -0.05) is 0 Å². The van der Waals surface area contributed by atoms with Crippen LogP contribution in [0.4, 0.5) is 0 Å². The van der Waals surface area contributed by atoms with Crippen molar-refractivity contribution in [1.29, 1.82) is 0 Å². The summed E-state index contributed by atoms with van der Waals surface area (Å²) < 4.78 is 2.13. The molecule has 2 aromatic rings. The van der Waals surface area contributed by atoms with Gasteiger partial charge in [-0.25, -0.2) is 4.98 Å². The maximum Gasteiger partial charge on any atom is 0.193 e. The number of fused-ring (bicyclic) bond motifs is 1. The van der Waals surface area contributed by atoms with E-state index < -0.39 is 0 Å². The standard InChI is InChI=1S/C15H22N4S/c1-15(2)10-16-13(11-3-4-11)9-19(15)8-12-7-18-5-6-20-14(18)17-12/h5-7,11,13,16H,3-4,8-10H2,1-2H3. The Bertz CT molecular complexity index is 582. The van der Waals surface area contributed by atoms with Crippen molar-refractivity contribution in [2.45, 2.75) is 44.8 Å². The van der Waals surface area contributed by atoms with Crippen LogP contribution in [0.25, 0.3) is 4.96 Å². The largest absolute Gasteiger partial charge is 0.311 e. The number of nitrogens with zero attached hydrogens (tertiary/aromatic N) is 3. The summed E-state index contributed by atoms with van der Waals surface area (Å²) in [6.07, 6.45) is 7.08. The van der Waals surface area contributed by atoms with Gasteiger partial charge in [-0.05, 0) is 32.6 Å². The summed E-state index contributed by atoms with van der Waals surface area (Å²) in [5, 5.41) is 5.83. The normalized spacial score (nSPS) is 27.2. The van der Waals surface area contributed by atoms with Gasteiger partial charge < -0.3 is 5.32 Å². The molecule has 0 aromatic carbocycles. The third kappa shape index (κ3) is 2.28. The highest BCUT2D eigenvalue weighted by Gasteiger charge is 2.40. The summed E-state index contributed by atoms with van der Waals surface area (Å²) in [6, 6.07) is 0.687. The number of aromatic nitrogens is 2. The Labute approximate surface area is 123 Å². The van der Waals surface area contributed by atoms with E-state index in [1.54, 1.807) is 11.3 Å². The second-order valence-electron chi connectivity index (χ2n) is 6.84. The van der Waals surface area contributed by atoms with Crippen LogP contribution >= 0.6 is 11.3 Å². The molecule has 4 rings (SSSR count). The van der Waals surface area contributed by atoms with Crippen LogP contribution in [0.3, 0.4) is 0 Å². The molecule has 2 aliphatic rings. The minimum absolute atomic E-state index is 0.211. The molecule has 1 aliphatic heterocycles. The van der Waals surface area contributed by atoms with Crippen LogP contribution in [0.15, 0.2) is 17.8 Å². The van der Waals surface area contributed by atoms with Gasteiger partial charge >= 0.3 is 0 Å². The zero-order valence-electron chi connectivity index (χ0n) is 12.2. The van der Waals surface area contributed by atoms with Crippen LogP contribution in [-0.2, 0) is 6.54 Å². The van der Waals surface area contributed by atoms with Crippen molar-refractivity contribution in [3.05, 3.63) is 23.5 Å². The topological polar surface area (TPSA) is 32.6 Å². The van der Waals surface area contributed by atoms with Crippen LogP contribution in [0.2, 0.25) is 0 Å². The van der Waals surface area contributed by atoms with E-state index in [4.69, 9.17) is 4.98 Å². The van der Waals surface area contributed by atoms with Crippen molar-refractivity contribution in [3.8, 4) is 0 Å². The average Bonchev–Trinajstić information content (AvgIpc) is 3.03. The third-order valence-corrected chi connectivity index (χ3v) is 5.53. The zero-order valence-corrected chi connectivity index (χ0v) is 13.0. The Hall–Kier alpha value is -0.910. The lowest BCUT2D eigenvalue weighted by Gasteiger charge is -2.46. The summed E-state index contributed by atoms with van der Waals surface area (Å²) >= 11 is 1.71. The smallest absolute Gasteiger partial charge is 0.193 e. The van der Waals surface area contributed by atoms with E-state index in [1.165, 1.54) is 18.5 Å². The molecule has 20 heavy (non-hydrogen) atoms. The van der Waals surface area contributed by atoms with Crippen LogP contribution in [0, 0.1) is 5.92 Å². The molecule has 108 valence electrons.